The van der Waals surface area contributed by atoms with Gasteiger partial charge in [-0.2, -0.15) is 0 Å². The molecular formula is C15H19IN2O3. The lowest BCUT2D eigenvalue weighted by atomic mass is 9.89. The highest BCUT2D eigenvalue weighted by Crippen LogP contribution is 2.26. The van der Waals surface area contributed by atoms with Crippen LogP contribution in [0.25, 0.3) is 0 Å². The number of aliphatic carboxylic acids is 1. The van der Waals surface area contributed by atoms with Gasteiger partial charge >= 0.3 is 12.0 Å². The molecule has 1 aromatic carbocycles. The predicted molar refractivity (Wildman–Crippen MR) is 89.3 cm³/mol. The number of hydrogen-bond acceptors (Lipinski definition) is 2. The molecular weight excluding hydrogens is 383 g/mol. The summed E-state index contributed by atoms with van der Waals surface area (Å²) < 4.78 is 1.02. The van der Waals surface area contributed by atoms with Crippen LogP contribution >= 0.6 is 22.6 Å². The average Bonchev–Trinajstić information content (AvgIpc) is 2.46. The van der Waals surface area contributed by atoms with Crippen LogP contribution in [0.2, 0.25) is 0 Å². The molecule has 2 unspecified atom stereocenters. The van der Waals surface area contributed by atoms with Crippen molar-refractivity contribution in [1.82, 2.24) is 4.90 Å². The van der Waals surface area contributed by atoms with Crippen molar-refractivity contribution < 1.29 is 14.7 Å². The normalized spacial score (nSPS) is 21.9. The largest absolute Gasteiger partial charge is 0.480 e. The fourth-order valence-electron chi connectivity index (χ4n) is 2.65. The molecule has 1 saturated heterocycles. The second-order valence-electron chi connectivity index (χ2n) is 5.29. The first kappa shape index (κ1) is 16.1. The zero-order valence-electron chi connectivity index (χ0n) is 11.9. The Morgan fingerprint density at radius 2 is 2.24 bits per heavy atom. The third kappa shape index (κ3) is 4.09. The van der Waals surface area contributed by atoms with Crippen LogP contribution in [0.3, 0.4) is 0 Å². The Morgan fingerprint density at radius 1 is 1.48 bits per heavy atom. The van der Waals surface area contributed by atoms with Crippen molar-refractivity contribution in [3.8, 4) is 0 Å². The van der Waals surface area contributed by atoms with E-state index >= 15 is 0 Å². The quantitative estimate of drug-likeness (QED) is 0.762. The highest BCUT2D eigenvalue weighted by Gasteiger charge is 2.35. The first-order valence-electron chi connectivity index (χ1n) is 7.07. The molecule has 1 aromatic rings. The predicted octanol–water partition coefficient (Wildman–Crippen LogP) is 3.40. The summed E-state index contributed by atoms with van der Waals surface area (Å²) in [6.45, 7) is 2.55. The zero-order valence-corrected chi connectivity index (χ0v) is 14.0. The van der Waals surface area contributed by atoms with E-state index in [2.05, 4.69) is 34.8 Å². The maximum atomic E-state index is 12.3. The number of piperidine rings is 1. The SMILES string of the molecule is CCC1CCN(C(=O)Nc2cccc(I)c2)C(C(=O)O)C1. The molecule has 0 bridgehead atoms. The summed E-state index contributed by atoms with van der Waals surface area (Å²) in [6.07, 6.45) is 2.35. The molecule has 21 heavy (non-hydrogen) atoms. The van der Waals surface area contributed by atoms with Crippen molar-refractivity contribution in [2.75, 3.05) is 11.9 Å². The van der Waals surface area contributed by atoms with E-state index in [-0.39, 0.29) is 6.03 Å². The number of nitrogens with one attached hydrogen (secondary N) is 1. The van der Waals surface area contributed by atoms with Gasteiger partial charge in [0.15, 0.2) is 0 Å². The monoisotopic (exact) mass is 402 g/mol. The van der Waals surface area contributed by atoms with Gasteiger partial charge in [-0.15, -0.1) is 0 Å². The van der Waals surface area contributed by atoms with Gasteiger partial charge in [-0.05, 0) is 59.5 Å². The average molecular weight is 402 g/mol. The standard InChI is InChI=1S/C15H19IN2O3/c1-2-10-6-7-18(13(8-10)14(19)20)15(21)17-12-5-3-4-11(16)9-12/h3-5,9-10,13H,2,6-8H2,1H3,(H,17,21)(H,19,20). The molecule has 114 valence electrons. The lowest BCUT2D eigenvalue weighted by Crippen LogP contribution is -2.51. The maximum absolute atomic E-state index is 12.3. The van der Waals surface area contributed by atoms with Crippen LogP contribution in [-0.4, -0.2) is 34.6 Å². The number of hydrogen-bond donors (Lipinski definition) is 2. The Kier molecular flexibility index (Phi) is 5.44. The molecule has 1 aliphatic rings. The van der Waals surface area contributed by atoms with E-state index in [1.54, 1.807) is 6.07 Å². The van der Waals surface area contributed by atoms with Gasteiger partial charge < -0.3 is 15.3 Å². The van der Waals surface area contributed by atoms with Crippen LogP contribution in [0.15, 0.2) is 24.3 Å². The highest BCUT2D eigenvalue weighted by atomic mass is 127. The maximum Gasteiger partial charge on any atom is 0.326 e. The number of benzene rings is 1. The van der Waals surface area contributed by atoms with E-state index in [1.165, 1.54) is 4.90 Å². The third-order valence-electron chi connectivity index (χ3n) is 3.91. The fraction of sp³-hybridized carbons (Fsp3) is 0.467. The van der Waals surface area contributed by atoms with Gasteiger partial charge in [0.25, 0.3) is 0 Å². The number of carbonyl (C=O) groups excluding carboxylic acids is 1. The number of carboxylic acid groups (broad SMARTS) is 1. The molecule has 0 radical (unpaired) electrons. The summed E-state index contributed by atoms with van der Waals surface area (Å²) in [6, 6.07) is 6.38. The Bertz CT molecular complexity index is 535. The number of carboxylic acids is 1. The van der Waals surface area contributed by atoms with Crippen molar-refractivity contribution in [2.45, 2.75) is 32.2 Å². The van der Waals surface area contributed by atoms with Crippen LogP contribution in [0, 0.1) is 9.49 Å². The topological polar surface area (TPSA) is 69.6 Å². The van der Waals surface area contributed by atoms with Crippen LogP contribution in [0.4, 0.5) is 10.5 Å². The minimum Gasteiger partial charge on any atom is -0.480 e. The summed E-state index contributed by atoms with van der Waals surface area (Å²) in [4.78, 5) is 25.2. The summed E-state index contributed by atoms with van der Waals surface area (Å²) in [5.41, 5.74) is 0.689. The lowest BCUT2D eigenvalue weighted by molar-refractivity contribution is -0.143. The summed E-state index contributed by atoms with van der Waals surface area (Å²) >= 11 is 2.17. The first-order chi connectivity index (χ1) is 10.0. The van der Waals surface area contributed by atoms with Crippen LogP contribution < -0.4 is 5.32 Å². The highest BCUT2D eigenvalue weighted by molar-refractivity contribution is 14.1. The van der Waals surface area contributed by atoms with E-state index in [4.69, 9.17) is 0 Å². The lowest BCUT2D eigenvalue weighted by Gasteiger charge is -2.36. The van der Waals surface area contributed by atoms with Crippen molar-refractivity contribution in [3.63, 3.8) is 0 Å². The van der Waals surface area contributed by atoms with E-state index < -0.39 is 12.0 Å². The Balaban J connectivity index is 2.08. The molecule has 0 saturated carbocycles. The van der Waals surface area contributed by atoms with Gasteiger partial charge in [0, 0.05) is 15.8 Å². The molecule has 6 heteroatoms. The molecule has 1 fully saturated rings. The van der Waals surface area contributed by atoms with Crippen molar-refractivity contribution in [1.29, 1.82) is 0 Å². The second-order valence-corrected chi connectivity index (χ2v) is 6.53. The number of anilines is 1. The molecule has 1 heterocycles. The number of nitrogens with zero attached hydrogens (tertiary/aromatic N) is 1. The van der Waals surface area contributed by atoms with Gasteiger partial charge in [-0.25, -0.2) is 9.59 Å². The van der Waals surface area contributed by atoms with Gasteiger partial charge in [0.1, 0.15) is 6.04 Å². The number of amides is 2. The molecule has 0 aromatic heterocycles. The third-order valence-corrected chi connectivity index (χ3v) is 4.58. The number of carbonyl (C=O) groups is 2. The summed E-state index contributed by atoms with van der Waals surface area (Å²) in [7, 11) is 0. The first-order valence-corrected chi connectivity index (χ1v) is 8.15. The van der Waals surface area contributed by atoms with E-state index in [1.807, 2.05) is 18.2 Å². The fourth-order valence-corrected chi connectivity index (χ4v) is 3.19. The molecule has 2 rings (SSSR count). The summed E-state index contributed by atoms with van der Waals surface area (Å²) in [5, 5.41) is 12.1. The number of halogens is 1. The van der Waals surface area contributed by atoms with E-state index in [0.717, 1.165) is 16.4 Å². The van der Waals surface area contributed by atoms with Gasteiger partial charge in [0.05, 0.1) is 0 Å². The molecule has 5 nitrogen and oxygen atoms in total. The molecule has 0 spiro atoms. The molecule has 2 amide bonds. The zero-order chi connectivity index (χ0) is 15.4. The van der Waals surface area contributed by atoms with Gasteiger partial charge in [-0.3, -0.25) is 0 Å². The number of urea groups is 1. The Labute approximate surface area is 137 Å². The minimum atomic E-state index is -0.925. The van der Waals surface area contributed by atoms with Gasteiger partial charge in [-0.1, -0.05) is 19.4 Å². The smallest absolute Gasteiger partial charge is 0.326 e. The molecule has 2 N–H and O–H groups in total. The van der Waals surface area contributed by atoms with E-state index in [0.29, 0.717) is 24.6 Å². The van der Waals surface area contributed by atoms with Crippen molar-refractivity contribution in [2.24, 2.45) is 5.92 Å². The summed E-state index contributed by atoms with van der Waals surface area (Å²) in [5.74, 6) is -0.543. The Morgan fingerprint density at radius 3 is 2.86 bits per heavy atom. The van der Waals surface area contributed by atoms with Crippen LogP contribution in [0.5, 0.6) is 0 Å². The number of likely N-dealkylation sites (tertiary alicyclic amines) is 1. The molecule has 2 atom stereocenters. The van der Waals surface area contributed by atoms with Gasteiger partial charge in [0.2, 0.25) is 0 Å². The molecule has 1 aliphatic heterocycles. The van der Waals surface area contributed by atoms with Crippen LogP contribution in [0.1, 0.15) is 26.2 Å². The second kappa shape index (κ2) is 7.11. The minimum absolute atomic E-state index is 0.334. The number of rotatable bonds is 3. The van der Waals surface area contributed by atoms with E-state index in [9.17, 15) is 14.7 Å². The Hall–Kier alpha value is -1.31. The van der Waals surface area contributed by atoms with Crippen LogP contribution in [-0.2, 0) is 4.79 Å². The molecule has 0 aliphatic carbocycles. The van der Waals surface area contributed by atoms with Crippen molar-refractivity contribution >= 4 is 40.3 Å². The van der Waals surface area contributed by atoms with Crippen molar-refractivity contribution in [3.05, 3.63) is 27.8 Å².